The molecule has 0 saturated carbocycles. The summed E-state index contributed by atoms with van der Waals surface area (Å²) in [5, 5.41) is 17.3. The second-order valence-electron chi connectivity index (χ2n) is 4.68. The molecule has 0 aliphatic rings. The van der Waals surface area contributed by atoms with Crippen LogP contribution in [-0.4, -0.2) is 34.1 Å². The first-order valence-corrected chi connectivity index (χ1v) is 7.14. The number of hydrogen-bond acceptors (Lipinski definition) is 3. The Bertz CT molecular complexity index is 336. The number of rotatable bonds is 9. The van der Waals surface area contributed by atoms with Crippen LogP contribution in [-0.2, 0) is 19.4 Å². The van der Waals surface area contributed by atoms with Crippen molar-refractivity contribution in [3.05, 3.63) is 17.5 Å². The molecule has 0 aromatic carbocycles. The number of aliphatic hydroxyl groups excluding tert-OH is 1. The molecule has 1 heterocycles. The lowest BCUT2D eigenvalue weighted by atomic mass is 10.2. The molecule has 0 aliphatic heterocycles. The van der Waals surface area contributed by atoms with Gasteiger partial charge in [0.2, 0.25) is 0 Å². The van der Waals surface area contributed by atoms with Crippen molar-refractivity contribution in [2.75, 3.05) is 13.2 Å². The van der Waals surface area contributed by atoms with E-state index in [0.29, 0.717) is 0 Å². The average molecular weight is 253 g/mol. The Kier molecular flexibility index (Phi) is 6.98. The Morgan fingerprint density at radius 3 is 2.67 bits per heavy atom. The molecule has 0 fully saturated rings. The van der Waals surface area contributed by atoms with Gasteiger partial charge in [0.05, 0.1) is 12.3 Å². The summed E-state index contributed by atoms with van der Waals surface area (Å²) >= 11 is 0. The van der Waals surface area contributed by atoms with Gasteiger partial charge in [-0.25, -0.2) is 0 Å². The van der Waals surface area contributed by atoms with E-state index in [0.717, 1.165) is 44.5 Å². The summed E-state index contributed by atoms with van der Waals surface area (Å²) in [6.45, 7) is 8.47. The van der Waals surface area contributed by atoms with E-state index in [1.54, 1.807) is 0 Å². The minimum absolute atomic E-state index is 0.184. The Labute approximate surface area is 110 Å². The molecule has 1 unspecified atom stereocenters. The SMILES string of the molecule is CCCNC(CO)CCn1nc(CC)cc1CC. The zero-order valence-corrected chi connectivity index (χ0v) is 11.9. The first-order chi connectivity index (χ1) is 8.74. The lowest BCUT2D eigenvalue weighted by molar-refractivity contribution is 0.230. The molecule has 1 atom stereocenters. The van der Waals surface area contributed by atoms with Crippen molar-refractivity contribution in [2.45, 2.75) is 59.0 Å². The number of nitrogens with zero attached hydrogens (tertiary/aromatic N) is 2. The highest BCUT2D eigenvalue weighted by Gasteiger charge is 2.09. The quantitative estimate of drug-likeness (QED) is 0.705. The van der Waals surface area contributed by atoms with Crippen molar-refractivity contribution < 1.29 is 5.11 Å². The summed E-state index contributed by atoms with van der Waals surface area (Å²) in [5.41, 5.74) is 2.45. The van der Waals surface area contributed by atoms with E-state index >= 15 is 0 Å². The molecular weight excluding hydrogens is 226 g/mol. The average Bonchev–Trinajstić information content (AvgIpc) is 2.81. The number of aromatic nitrogens is 2. The van der Waals surface area contributed by atoms with Crippen LogP contribution in [0.15, 0.2) is 6.07 Å². The molecule has 4 heteroatoms. The van der Waals surface area contributed by atoms with Gasteiger partial charge in [-0.2, -0.15) is 5.10 Å². The van der Waals surface area contributed by atoms with Crippen molar-refractivity contribution in [1.82, 2.24) is 15.1 Å². The lowest BCUT2D eigenvalue weighted by Gasteiger charge is -2.16. The Morgan fingerprint density at radius 2 is 2.11 bits per heavy atom. The highest BCUT2D eigenvalue weighted by Crippen LogP contribution is 2.08. The largest absolute Gasteiger partial charge is 0.395 e. The van der Waals surface area contributed by atoms with Gasteiger partial charge in [-0.1, -0.05) is 20.8 Å². The van der Waals surface area contributed by atoms with Gasteiger partial charge >= 0.3 is 0 Å². The maximum absolute atomic E-state index is 9.32. The van der Waals surface area contributed by atoms with Gasteiger partial charge in [0.25, 0.3) is 0 Å². The fourth-order valence-corrected chi connectivity index (χ4v) is 2.05. The molecule has 104 valence electrons. The summed E-state index contributed by atoms with van der Waals surface area (Å²) in [7, 11) is 0. The van der Waals surface area contributed by atoms with Gasteiger partial charge in [-0.15, -0.1) is 0 Å². The maximum Gasteiger partial charge on any atom is 0.0624 e. The van der Waals surface area contributed by atoms with Crippen molar-refractivity contribution in [3.63, 3.8) is 0 Å². The van der Waals surface area contributed by atoms with Crippen LogP contribution in [0.4, 0.5) is 0 Å². The van der Waals surface area contributed by atoms with Crippen LogP contribution < -0.4 is 5.32 Å². The predicted molar refractivity (Wildman–Crippen MR) is 74.8 cm³/mol. The highest BCUT2D eigenvalue weighted by atomic mass is 16.3. The summed E-state index contributed by atoms with van der Waals surface area (Å²) in [6.07, 6.45) is 4.02. The third-order valence-corrected chi connectivity index (χ3v) is 3.23. The van der Waals surface area contributed by atoms with Gasteiger partial charge in [0, 0.05) is 18.3 Å². The molecule has 2 N–H and O–H groups in total. The van der Waals surface area contributed by atoms with Crippen LogP contribution in [0.3, 0.4) is 0 Å². The van der Waals surface area contributed by atoms with Crippen LogP contribution in [0.2, 0.25) is 0 Å². The molecule has 1 aromatic heterocycles. The predicted octanol–water partition coefficient (Wildman–Crippen LogP) is 1.76. The van der Waals surface area contributed by atoms with Crippen LogP contribution in [0, 0.1) is 0 Å². The Balaban J connectivity index is 2.52. The molecular formula is C14H27N3O. The molecule has 0 amide bonds. The first kappa shape index (κ1) is 15.2. The Hall–Kier alpha value is -0.870. The molecule has 4 nitrogen and oxygen atoms in total. The summed E-state index contributed by atoms with van der Waals surface area (Å²) in [5.74, 6) is 0. The third-order valence-electron chi connectivity index (χ3n) is 3.23. The van der Waals surface area contributed by atoms with Crippen LogP contribution in [0.5, 0.6) is 0 Å². The van der Waals surface area contributed by atoms with E-state index in [1.165, 1.54) is 5.69 Å². The second kappa shape index (κ2) is 8.27. The zero-order valence-electron chi connectivity index (χ0n) is 11.9. The van der Waals surface area contributed by atoms with E-state index in [2.05, 4.69) is 41.9 Å². The van der Waals surface area contributed by atoms with Crippen molar-refractivity contribution in [3.8, 4) is 0 Å². The smallest absolute Gasteiger partial charge is 0.0624 e. The van der Waals surface area contributed by atoms with Crippen molar-refractivity contribution >= 4 is 0 Å². The topological polar surface area (TPSA) is 50.1 Å². The van der Waals surface area contributed by atoms with Gasteiger partial charge in [0.15, 0.2) is 0 Å². The van der Waals surface area contributed by atoms with Gasteiger partial charge in [-0.05, 0) is 38.3 Å². The van der Waals surface area contributed by atoms with Crippen molar-refractivity contribution in [2.24, 2.45) is 0 Å². The second-order valence-corrected chi connectivity index (χ2v) is 4.68. The summed E-state index contributed by atoms with van der Waals surface area (Å²) < 4.78 is 2.09. The lowest BCUT2D eigenvalue weighted by Crippen LogP contribution is -2.34. The first-order valence-electron chi connectivity index (χ1n) is 7.14. The standard InChI is InChI=1S/C14H27N3O/c1-4-8-15-13(11-18)7-9-17-14(6-3)10-12(5-2)16-17/h10,13,15,18H,4-9,11H2,1-3H3. The fourth-order valence-electron chi connectivity index (χ4n) is 2.05. The fraction of sp³-hybridized carbons (Fsp3) is 0.786. The molecule has 0 bridgehead atoms. The van der Waals surface area contributed by atoms with E-state index < -0.39 is 0 Å². The molecule has 0 saturated heterocycles. The van der Waals surface area contributed by atoms with E-state index in [9.17, 15) is 5.11 Å². The minimum Gasteiger partial charge on any atom is -0.395 e. The number of aliphatic hydroxyl groups is 1. The highest BCUT2D eigenvalue weighted by molar-refractivity contribution is 5.10. The third kappa shape index (κ3) is 4.42. The zero-order chi connectivity index (χ0) is 13.4. The summed E-state index contributed by atoms with van der Waals surface area (Å²) in [6, 6.07) is 2.37. The number of hydrogen-bond donors (Lipinski definition) is 2. The van der Waals surface area contributed by atoms with E-state index in [4.69, 9.17) is 0 Å². The van der Waals surface area contributed by atoms with Gasteiger partial charge < -0.3 is 10.4 Å². The monoisotopic (exact) mass is 253 g/mol. The molecule has 0 aliphatic carbocycles. The maximum atomic E-state index is 9.32. The van der Waals surface area contributed by atoms with Crippen molar-refractivity contribution in [1.29, 1.82) is 0 Å². The Morgan fingerprint density at radius 1 is 1.33 bits per heavy atom. The normalized spacial score (nSPS) is 12.9. The van der Waals surface area contributed by atoms with Crippen LogP contribution in [0.1, 0.15) is 45.0 Å². The molecule has 18 heavy (non-hydrogen) atoms. The van der Waals surface area contributed by atoms with Gasteiger partial charge in [0.1, 0.15) is 0 Å². The van der Waals surface area contributed by atoms with E-state index in [1.807, 2.05) is 0 Å². The van der Waals surface area contributed by atoms with Crippen LogP contribution >= 0.6 is 0 Å². The molecule has 1 rings (SSSR count). The minimum atomic E-state index is 0.184. The molecule has 1 aromatic rings. The van der Waals surface area contributed by atoms with Crippen LogP contribution in [0.25, 0.3) is 0 Å². The number of nitrogens with one attached hydrogen (secondary N) is 1. The summed E-state index contributed by atoms with van der Waals surface area (Å²) in [4.78, 5) is 0. The molecule has 0 radical (unpaired) electrons. The number of aryl methyl sites for hydroxylation is 3. The van der Waals surface area contributed by atoms with E-state index in [-0.39, 0.29) is 12.6 Å². The molecule has 0 spiro atoms. The van der Waals surface area contributed by atoms with Gasteiger partial charge in [-0.3, -0.25) is 4.68 Å².